The standard InChI is InChI=1S/C9H19NO/c1-7-5-10(6-7)8(2)9(3,4)11/h7-8,11H,5-6H2,1-4H3. The molecule has 0 amide bonds. The third-order valence-corrected chi connectivity index (χ3v) is 2.66. The van der Waals surface area contributed by atoms with E-state index in [0.717, 1.165) is 19.0 Å². The zero-order chi connectivity index (χ0) is 8.65. The first-order valence-electron chi connectivity index (χ1n) is 4.37. The zero-order valence-corrected chi connectivity index (χ0v) is 7.96. The smallest absolute Gasteiger partial charge is 0.0743 e. The summed E-state index contributed by atoms with van der Waals surface area (Å²) >= 11 is 0. The Morgan fingerprint density at radius 1 is 1.45 bits per heavy atom. The Kier molecular flexibility index (Phi) is 2.26. The van der Waals surface area contributed by atoms with Crippen molar-refractivity contribution in [3.63, 3.8) is 0 Å². The van der Waals surface area contributed by atoms with Crippen molar-refractivity contribution in [3.05, 3.63) is 0 Å². The van der Waals surface area contributed by atoms with Gasteiger partial charge in [0.15, 0.2) is 0 Å². The van der Waals surface area contributed by atoms with Crippen molar-refractivity contribution in [1.82, 2.24) is 4.90 Å². The van der Waals surface area contributed by atoms with Gasteiger partial charge in [0.25, 0.3) is 0 Å². The maximum atomic E-state index is 9.67. The molecule has 1 N–H and O–H groups in total. The van der Waals surface area contributed by atoms with Crippen molar-refractivity contribution >= 4 is 0 Å². The van der Waals surface area contributed by atoms with E-state index < -0.39 is 5.60 Å². The SMILES string of the molecule is CC1CN(C(C)C(C)(C)O)C1. The second-order valence-corrected chi connectivity index (χ2v) is 4.39. The lowest BCUT2D eigenvalue weighted by Gasteiger charge is -2.45. The molecule has 1 unspecified atom stereocenters. The van der Waals surface area contributed by atoms with Crippen LogP contribution in [0.1, 0.15) is 27.7 Å². The van der Waals surface area contributed by atoms with Crippen molar-refractivity contribution in [2.45, 2.75) is 39.3 Å². The van der Waals surface area contributed by atoms with Gasteiger partial charge in [0.05, 0.1) is 5.60 Å². The van der Waals surface area contributed by atoms with Gasteiger partial charge in [-0.1, -0.05) is 6.92 Å². The summed E-state index contributed by atoms with van der Waals surface area (Å²) in [5.74, 6) is 0.819. The highest BCUT2D eigenvalue weighted by Crippen LogP contribution is 2.23. The molecule has 0 aromatic heterocycles. The minimum Gasteiger partial charge on any atom is -0.389 e. The first kappa shape index (κ1) is 9.01. The van der Waals surface area contributed by atoms with E-state index in [2.05, 4.69) is 18.7 Å². The van der Waals surface area contributed by atoms with E-state index in [4.69, 9.17) is 0 Å². The maximum absolute atomic E-state index is 9.67. The van der Waals surface area contributed by atoms with Crippen LogP contribution in [0.3, 0.4) is 0 Å². The summed E-state index contributed by atoms with van der Waals surface area (Å²) < 4.78 is 0. The minimum absolute atomic E-state index is 0.290. The Labute approximate surface area is 69.2 Å². The van der Waals surface area contributed by atoms with Crippen molar-refractivity contribution < 1.29 is 5.11 Å². The molecule has 2 nitrogen and oxygen atoms in total. The van der Waals surface area contributed by atoms with Crippen molar-refractivity contribution in [2.24, 2.45) is 5.92 Å². The molecule has 1 aliphatic rings. The number of likely N-dealkylation sites (tertiary alicyclic amines) is 1. The second-order valence-electron chi connectivity index (χ2n) is 4.39. The molecule has 1 atom stereocenters. The average molecular weight is 157 g/mol. The highest BCUT2D eigenvalue weighted by atomic mass is 16.3. The molecule has 1 fully saturated rings. The largest absolute Gasteiger partial charge is 0.389 e. The van der Waals surface area contributed by atoms with Gasteiger partial charge in [0.1, 0.15) is 0 Å². The van der Waals surface area contributed by atoms with Crippen LogP contribution in [0.5, 0.6) is 0 Å². The van der Waals surface area contributed by atoms with Gasteiger partial charge in [0, 0.05) is 19.1 Å². The van der Waals surface area contributed by atoms with Crippen LogP contribution in [-0.4, -0.2) is 34.7 Å². The lowest BCUT2D eigenvalue weighted by Crippen LogP contribution is -2.56. The first-order chi connectivity index (χ1) is 4.91. The van der Waals surface area contributed by atoms with Crippen LogP contribution in [0, 0.1) is 5.92 Å². The topological polar surface area (TPSA) is 23.5 Å². The van der Waals surface area contributed by atoms with Gasteiger partial charge >= 0.3 is 0 Å². The molecule has 11 heavy (non-hydrogen) atoms. The van der Waals surface area contributed by atoms with Crippen molar-refractivity contribution in [3.8, 4) is 0 Å². The van der Waals surface area contributed by atoms with Gasteiger partial charge in [-0.25, -0.2) is 0 Å². The molecule has 1 heterocycles. The van der Waals surface area contributed by atoms with Crippen LogP contribution in [0.4, 0.5) is 0 Å². The minimum atomic E-state index is -0.555. The summed E-state index contributed by atoms with van der Waals surface area (Å²) in [7, 11) is 0. The van der Waals surface area contributed by atoms with Gasteiger partial charge in [0.2, 0.25) is 0 Å². The van der Waals surface area contributed by atoms with E-state index in [9.17, 15) is 5.11 Å². The summed E-state index contributed by atoms with van der Waals surface area (Å²) in [6.45, 7) is 10.4. The van der Waals surface area contributed by atoms with Gasteiger partial charge in [-0.05, 0) is 26.7 Å². The van der Waals surface area contributed by atoms with Gasteiger partial charge < -0.3 is 5.11 Å². The van der Waals surface area contributed by atoms with Gasteiger partial charge in [-0.15, -0.1) is 0 Å². The number of hydrogen-bond donors (Lipinski definition) is 1. The third kappa shape index (κ3) is 1.94. The first-order valence-corrected chi connectivity index (χ1v) is 4.37. The van der Waals surface area contributed by atoms with Crippen LogP contribution in [-0.2, 0) is 0 Å². The molecular formula is C9H19NO. The molecular weight excluding hydrogens is 138 g/mol. The molecule has 1 rings (SSSR count). The fourth-order valence-electron chi connectivity index (χ4n) is 1.51. The van der Waals surface area contributed by atoms with Gasteiger partial charge in [-0.2, -0.15) is 0 Å². The van der Waals surface area contributed by atoms with Crippen LogP contribution in [0.25, 0.3) is 0 Å². The van der Waals surface area contributed by atoms with E-state index >= 15 is 0 Å². The summed E-state index contributed by atoms with van der Waals surface area (Å²) in [6.07, 6.45) is 0. The molecule has 0 radical (unpaired) electrons. The third-order valence-electron chi connectivity index (χ3n) is 2.66. The Morgan fingerprint density at radius 3 is 2.18 bits per heavy atom. The van der Waals surface area contributed by atoms with Crippen LogP contribution < -0.4 is 0 Å². The Hall–Kier alpha value is -0.0800. The molecule has 0 aromatic rings. The predicted molar refractivity (Wildman–Crippen MR) is 46.5 cm³/mol. The quantitative estimate of drug-likeness (QED) is 0.649. The lowest BCUT2D eigenvalue weighted by atomic mass is 9.92. The lowest BCUT2D eigenvalue weighted by molar-refractivity contribution is -0.0517. The second kappa shape index (κ2) is 2.76. The highest BCUT2D eigenvalue weighted by Gasteiger charge is 2.34. The molecule has 0 aromatic carbocycles. The Bertz CT molecular complexity index is 133. The van der Waals surface area contributed by atoms with Crippen LogP contribution in [0.15, 0.2) is 0 Å². The number of hydrogen-bond acceptors (Lipinski definition) is 2. The van der Waals surface area contributed by atoms with E-state index in [1.807, 2.05) is 13.8 Å². The summed E-state index contributed by atoms with van der Waals surface area (Å²) in [5.41, 5.74) is -0.555. The van der Waals surface area contributed by atoms with E-state index in [1.165, 1.54) is 0 Å². The number of aliphatic hydroxyl groups is 1. The molecule has 66 valence electrons. The fourth-order valence-corrected chi connectivity index (χ4v) is 1.51. The highest BCUT2D eigenvalue weighted by molar-refractivity contribution is 4.88. The molecule has 0 saturated carbocycles. The van der Waals surface area contributed by atoms with Gasteiger partial charge in [-0.3, -0.25) is 4.90 Å². The summed E-state index contributed by atoms with van der Waals surface area (Å²) in [5, 5.41) is 9.67. The number of nitrogens with zero attached hydrogens (tertiary/aromatic N) is 1. The molecule has 0 bridgehead atoms. The molecule has 0 aliphatic carbocycles. The predicted octanol–water partition coefficient (Wildman–Crippen LogP) is 1.10. The molecule has 0 spiro atoms. The number of rotatable bonds is 2. The van der Waals surface area contributed by atoms with E-state index in [-0.39, 0.29) is 0 Å². The summed E-state index contributed by atoms with van der Waals surface area (Å²) in [4.78, 5) is 2.32. The van der Waals surface area contributed by atoms with Crippen molar-refractivity contribution in [2.75, 3.05) is 13.1 Å². The van der Waals surface area contributed by atoms with E-state index in [0.29, 0.717) is 6.04 Å². The van der Waals surface area contributed by atoms with Crippen LogP contribution >= 0.6 is 0 Å². The van der Waals surface area contributed by atoms with Crippen LogP contribution in [0.2, 0.25) is 0 Å². The fraction of sp³-hybridized carbons (Fsp3) is 1.00. The van der Waals surface area contributed by atoms with Crippen molar-refractivity contribution in [1.29, 1.82) is 0 Å². The monoisotopic (exact) mass is 157 g/mol. The molecule has 2 heteroatoms. The maximum Gasteiger partial charge on any atom is 0.0743 e. The zero-order valence-electron chi connectivity index (χ0n) is 7.96. The normalized spacial score (nSPS) is 24.8. The Morgan fingerprint density at radius 2 is 1.91 bits per heavy atom. The van der Waals surface area contributed by atoms with E-state index in [1.54, 1.807) is 0 Å². The summed E-state index contributed by atoms with van der Waals surface area (Å²) in [6, 6.07) is 0.290. The average Bonchev–Trinajstić information content (AvgIpc) is 1.77. The molecule has 1 aliphatic heterocycles. The Balaban J connectivity index is 2.38. The molecule has 1 saturated heterocycles.